The molecule has 0 fully saturated rings. The van der Waals surface area contributed by atoms with Crippen LogP contribution in [0, 0.1) is 16.7 Å². The topological polar surface area (TPSA) is 59.7 Å². The van der Waals surface area contributed by atoms with Crippen LogP contribution in [0.2, 0.25) is 0 Å². The van der Waals surface area contributed by atoms with E-state index in [0.717, 1.165) is 5.69 Å². The maximum absolute atomic E-state index is 8.64. The fourth-order valence-corrected chi connectivity index (χ4v) is 1.20. The van der Waals surface area contributed by atoms with Gasteiger partial charge in [-0.1, -0.05) is 12.1 Å². The van der Waals surface area contributed by atoms with Crippen LogP contribution >= 0.6 is 0 Å². The molecule has 0 aliphatic heterocycles. The largest absolute Gasteiger partial charge is 0.382 e. The Hall–Kier alpha value is -1.82. The first-order chi connectivity index (χ1) is 6.65. The lowest BCUT2D eigenvalue weighted by Crippen LogP contribution is -2.12. The van der Waals surface area contributed by atoms with Gasteiger partial charge in [0.25, 0.3) is 0 Å². The van der Waals surface area contributed by atoms with E-state index in [2.05, 4.69) is 5.32 Å². The molecule has 0 heterocycles. The van der Waals surface area contributed by atoms with Crippen LogP contribution in [0.4, 0.5) is 5.69 Å². The number of rotatable bonds is 3. The SMILES string of the molecule is CC(C)Nc1ccccc1C(=N)C#N. The lowest BCUT2D eigenvalue weighted by molar-refractivity contribution is 0.899. The van der Waals surface area contributed by atoms with Crippen LogP contribution in [0.1, 0.15) is 19.4 Å². The number of benzene rings is 1. The van der Waals surface area contributed by atoms with Gasteiger partial charge in [-0.25, -0.2) is 0 Å². The molecule has 1 rings (SSSR count). The Labute approximate surface area is 83.9 Å². The van der Waals surface area contributed by atoms with Crippen molar-refractivity contribution in [3.8, 4) is 6.07 Å². The highest BCUT2D eigenvalue weighted by atomic mass is 14.9. The molecule has 1 aromatic rings. The van der Waals surface area contributed by atoms with Crippen molar-refractivity contribution in [1.82, 2.24) is 0 Å². The van der Waals surface area contributed by atoms with Crippen LogP contribution in [-0.2, 0) is 0 Å². The quantitative estimate of drug-likeness (QED) is 0.714. The molecule has 3 heteroatoms. The molecule has 72 valence electrons. The highest BCUT2D eigenvalue weighted by Gasteiger charge is 2.06. The predicted molar refractivity (Wildman–Crippen MR) is 57.6 cm³/mol. The molecule has 0 bridgehead atoms. The molecule has 0 spiro atoms. The Morgan fingerprint density at radius 1 is 1.43 bits per heavy atom. The second-order valence-corrected chi connectivity index (χ2v) is 3.33. The number of anilines is 1. The molecule has 0 amide bonds. The van der Waals surface area contributed by atoms with Crippen molar-refractivity contribution in [2.45, 2.75) is 19.9 Å². The van der Waals surface area contributed by atoms with Gasteiger partial charge in [0.2, 0.25) is 0 Å². The molecule has 2 N–H and O–H groups in total. The summed E-state index contributed by atoms with van der Waals surface area (Å²) in [5.41, 5.74) is 1.49. The Balaban J connectivity index is 3.04. The van der Waals surface area contributed by atoms with Gasteiger partial charge in [-0.15, -0.1) is 0 Å². The van der Waals surface area contributed by atoms with Crippen molar-refractivity contribution in [2.24, 2.45) is 0 Å². The normalized spacial score (nSPS) is 9.57. The van der Waals surface area contributed by atoms with Crippen LogP contribution in [0.3, 0.4) is 0 Å². The third-order valence-corrected chi connectivity index (χ3v) is 1.75. The van der Waals surface area contributed by atoms with Gasteiger partial charge in [0.05, 0.1) is 0 Å². The van der Waals surface area contributed by atoms with Gasteiger partial charge < -0.3 is 5.32 Å². The summed E-state index contributed by atoms with van der Waals surface area (Å²) in [4.78, 5) is 0. The van der Waals surface area contributed by atoms with Crippen LogP contribution in [-0.4, -0.2) is 11.8 Å². The summed E-state index contributed by atoms with van der Waals surface area (Å²) in [6.45, 7) is 4.04. The third kappa shape index (κ3) is 2.33. The van der Waals surface area contributed by atoms with E-state index in [1.54, 1.807) is 6.07 Å². The molecule has 0 saturated carbocycles. The maximum atomic E-state index is 8.64. The fraction of sp³-hybridized carbons (Fsp3) is 0.273. The molecule has 0 aliphatic carbocycles. The number of nitrogens with zero attached hydrogens (tertiary/aromatic N) is 1. The molecular weight excluding hydrogens is 174 g/mol. The van der Waals surface area contributed by atoms with Crippen LogP contribution < -0.4 is 5.32 Å². The van der Waals surface area contributed by atoms with Gasteiger partial charge in [0.1, 0.15) is 11.8 Å². The average molecular weight is 187 g/mol. The van der Waals surface area contributed by atoms with E-state index in [1.807, 2.05) is 38.1 Å². The summed E-state index contributed by atoms with van der Waals surface area (Å²) < 4.78 is 0. The van der Waals surface area contributed by atoms with Crippen molar-refractivity contribution >= 4 is 11.4 Å². The van der Waals surface area contributed by atoms with Gasteiger partial charge in [0.15, 0.2) is 0 Å². The summed E-state index contributed by atoms with van der Waals surface area (Å²) in [5.74, 6) is 0. The van der Waals surface area contributed by atoms with Gasteiger partial charge in [0, 0.05) is 17.3 Å². The Bertz CT molecular complexity index is 374. The lowest BCUT2D eigenvalue weighted by Gasteiger charge is -2.12. The number of nitrogens with one attached hydrogen (secondary N) is 2. The lowest BCUT2D eigenvalue weighted by atomic mass is 10.1. The second-order valence-electron chi connectivity index (χ2n) is 3.33. The predicted octanol–water partition coefficient (Wildman–Crippen LogP) is 2.40. The zero-order valence-electron chi connectivity index (χ0n) is 8.33. The smallest absolute Gasteiger partial charge is 0.141 e. The molecule has 0 saturated heterocycles. The Kier molecular flexibility index (Phi) is 3.24. The van der Waals surface area contributed by atoms with Gasteiger partial charge in [-0.05, 0) is 26.0 Å². The molecule has 0 radical (unpaired) electrons. The molecule has 3 nitrogen and oxygen atoms in total. The highest BCUT2D eigenvalue weighted by molar-refractivity contribution is 6.12. The van der Waals surface area contributed by atoms with E-state index in [-0.39, 0.29) is 5.71 Å². The monoisotopic (exact) mass is 187 g/mol. The molecule has 0 aromatic heterocycles. The van der Waals surface area contributed by atoms with Crippen LogP contribution in [0.5, 0.6) is 0 Å². The third-order valence-electron chi connectivity index (χ3n) is 1.75. The zero-order valence-corrected chi connectivity index (χ0v) is 8.33. The van der Waals surface area contributed by atoms with E-state index in [4.69, 9.17) is 10.7 Å². The summed E-state index contributed by atoms with van der Waals surface area (Å²) >= 11 is 0. The van der Waals surface area contributed by atoms with Crippen molar-refractivity contribution in [2.75, 3.05) is 5.32 Å². The van der Waals surface area contributed by atoms with E-state index in [1.165, 1.54) is 0 Å². The van der Waals surface area contributed by atoms with E-state index < -0.39 is 0 Å². The number of hydrogen-bond donors (Lipinski definition) is 2. The van der Waals surface area contributed by atoms with Crippen molar-refractivity contribution in [3.05, 3.63) is 29.8 Å². The molecule has 1 aromatic carbocycles. The molecule has 0 aliphatic rings. The van der Waals surface area contributed by atoms with E-state index >= 15 is 0 Å². The summed E-state index contributed by atoms with van der Waals surface area (Å²) in [5, 5.41) is 19.3. The number of para-hydroxylation sites is 1. The van der Waals surface area contributed by atoms with E-state index in [9.17, 15) is 0 Å². The first-order valence-corrected chi connectivity index (χ1v) is 4.49. The van der Waals surface area contributed by atoms with Gasteiger partial charge in [-0.2, -0.15) is 5.26 Å². The van der Waals surface area contributed by atoms with Gasteiger partial charge >= 0.3 is 0 Å². The molecule has 14 heavy (non-hydrogen) atoms. The average Bonchev–Trinajstić information content (AvgIpc) is 2.16. The van der Waals surface area contributed by atoms with E-state index in [0.29, 0.717) is 11.6 Å². The van der Waals surface area contributed by atoms with Gasteiger partial charge in [-0.3, -0.25) is 5.41 Å². The minimum absolute atomic E-state index is 0.00579. The first kappa shape index (κ1) is 10.3. The minimum atomic E-state index is -0.00579. The maximum Gasteiger partial charge on any atom is 0.141 e. The number of hydrogen-bond acceptors (Lipinski definition) is 3. The van der Waals surface area contributed by atoms with Crippen LogP contribution in [0.25, 0.3) is 0 Å². The molecular formula is C11H13N3. The fourth-order valence-electron chi connectivity index (χ4n) is 1.20. The first-order valence-electron chi connectivity index (χ1n) is 4.49. The summed E-state index contributed by atoms with van der Waals surface area (Å²) in [6, 6.07) is 9.50. The standard InChI is InChI=1S/C11H13N3/c1-8(2)14-11-6-4-3-5-9(11)10(13)7-12/h3-6,8,13-14H,1-2H3. The highest BCUT2D eigenvalue weighted by Crippen LogP contribution is 2.16. The van der Waals surface area contributed by atoms with Crippen LogP contribution in [0.15, 0.2) is 24.3 Å². The van der Waals surface area contributed by atoms with Crippen molar-refractivity contribution in [1.29, 1.82) is 10.7 Å². The molecule has 0 unspecified atom stereocenters. The molecule has 0 atom stereocenters. The van der Waals surface area contributed by atoms with Crippen molar-refractivity contribution < 1.29 is 0 Å². The van der Waals surface area contributed by atoms with Crippen molar-refractivity contribution in [3.63, 3.8) is 0 Å². The Morgan fingerprint density at radius 3 is 2.64 bits per heavy atom. The minimum Gasteiger partial charge on any atom is -0.382 e. The zero-order chi connectivity index (χ0) is 10.6. The summed E-state index contributed by atoms with van der Waals surface area (Å²) in [7, 11) is 0. The Morgan fingerprint density at radius 2 is 2.07 bits per heavy atom. The summed E-state index contributed by atoms with van der Waals surface area (Å²) in [6.07, 6.45) is 0. The number of nitriles is 1. The second kappa shape index (κ2) is 4.43.